The van der Waals surface area contributed by atoms with Crippen LogP contribution in [0, 0.1) is 11.3 Å². The van der Waals surface area contributed by atoms with Crippen LogP contribution >= 0.6 is 0 Å². The molecule has 2 rings (SSSR count). The van der Waals surface area contributed by atoms with Crippen molar-refractivity contribution in [1.29, 1.82) is 5.26 Å². The van der Waals surface area contributed by atoms with E-state index in [2.05, 4.69) is 6.07 Å². The molecule has 1 unspecified atom stereocenters. The molecule has 5 nitrogen and oxygen atoms in total. The summed E-state index contributed by atoms with van der Waals surface area (Å²) in [7, 11) is -2.94. The standard InChI is InChI=1S/C13H16N2O3S/c1-10(16)12-3-2-11(9-14)8-13(12)15-4-6-19(17,18)7-5-15/h2-3,8,10,16H,4-7H2,1H3. The van der Waals surface area contributed by atoms with Gasteiger partial charge in [0.05, 0.1) is 29.2 Å². The molecule has 0 bridgehead atoms. The van der Waals surface area contributed by atoms with Crippen LogP contribution in [0.3, 0.4) is 0 Å². The second-order valence-electron chi connectivity index (χ2n) is 4.70. The van der Waals surface area contributed by atoms with E-state index >= 15 is 0 Å². The molecule has 102 valence electrons. The molecule has 0 aliphatic carbocycles. The number of anilines is 1. The van der Waals surface area contributed by atoms with Gasteiger partial charge in [-0.3, -0.25) is 0 Å². The monoisotopic (exact) mass is 280 g/mol. The number of hydrogen-bond acceptors (Lipinski definition) is 5. The molecule has 0 saturated carbocycles. The lowest BCUT2D eigenvalue weighted by molar-refractivity contribution is 0.199. The summed E-state index contributed by atoms with van der Waals surface area (Å²) in [6.07, 6.45) is -0.652. The van der Waals surface area contributed by atoms with Gasteiger partial charge in [0.2, 0.25) is 0 Å². The molecule has 1 heterocycles. The molecule has 1 aliphatic rings. The maximum atomic E-state index is 11.4. The van der Waals surface area contributed by atoms with E-state index in [1.807, 2.05) is 4.90 Å². The van der Waals surface area contributed by atoms with Crippen molar-refractivity contribution < 1.29 is 13.5 Å². The first kappa shape index (κ1) is 13.8. The molecule has 0 radical (unpaired) electrons. The maximum absolute atomic E-state index is 11.4. The van der Waals surface area contributed by atoms with E-state index in [0.717, 1.165) is 11.3 Å². The van der Waals surface area contributed by atoms with Gasteiger partial charge in [0.25, 0.3) is 0 Å². The average molecular weight is 280 g/mol. The molecule has 1 atom stereocenters. The second-order valence-corrected chi connectivity index (χ2v) is 7.00. The van der Waals surface area contributed by atoms with Gasteiger partial charge in [0.15, 0.2) is 9.84 Å². The lowest BCUT2D eigenvalue weighted by atomic mass is 10.0. The van der Waals surface area contributed by atoms with Crippen molar-refractivity contribution in [3.63, 3.8) is 0 Å². The quantitative estimate of drug-likeness (QED) is 0.868. The molecule has 0 spiro atoms. The van der Waals surface area contributed by atoms with Crippen LogP contribution in [0.1, 0.15) is 24.2 Å². The van der Waals surface area contributed by atoms with Crippen molar-refractivity contribution in [2.45, 2.75) is 13.0 Å². The van der Waals surface area contributed by atoms with Crippen LogP contribution in [0.4, 0.5) is 5.69 Å². The topological polar surface area (TPSA) is 81.4 Å². The van der Waals surface area contributed by atoms with Gasteiger partial charge in [-0.2, -0.15) is 5.26 Å². The zero-order valence-electron chi connectivity index (χ0n) is 10.7. The van der Waals surface area contributed by atoms with Crippen molar-refractivity contribution in [3.05, 3.63) is 29.3 Å². The summed E-state index contributed by atoms with van der Waals surface area (Å²) in [5.74, 6) is 0.228. The number of aliphatic hydroxyl groups is 1. The van der Waals surface area contributed by atoms with Gasteiger partial charge in [0, 0.05) is 24.3 Å². The molecule has 1 aliphatic heterocycles. The minimum Gasteiger partial charge on any atom is -0.389 e. The minimum absolute atomic E-state index is 0.114. The Morgan fingerprint density at radius 1 is 1.37 bits per heavy atom. The Hall–Kier alpha value is -1.58. The van der Waals surface area contributed by atoms with Gasteiger partial charge in [0.1, 0.15) is 0 Å². The van der Waals surface area contributed by atoms with Gasteiger partial charge < -0.3 is 10.0 Å². The fraction of sp³-hybridized carbons (Fsp3) is 0.462. The summed E-state index contributed by atoms with van der Waals surface area (Å²) in [5, 5.41) is 18.7. The smallest absolute Gasteiger partial charge is 0.153 e. The van der Waals surface area contributed by atoms with Crippen molar-refractivity contribution in [3.8, 4) is 6.07 Å². The highest BCUT2D eigenvalue weighted by Gasteiger charge is 2.24. The van der Waals surface area contributed by atoms with E-state index in [1.165, 1.54) is 0 Å². The summed E-state index contributed by atoms with van der Waals surface area (Å²) in [4.78, 5) is 1.92. The minimum atomic E-state index is -2.94. The summed E-state index contributed by atoms with van der Waals surface area (Å²) < 4.78 is 22.9. The molecule has 1 aromatic rings. The summed E-state index contributed by atoms with van der Waals surface area (Å²) in [6.45, 7) is 2.46. The molecule has 19 heavy (non-hydrogen) atoms. The maximum Gasteiger partial charge on any atom is 0.153 e. The van der Waals surface area contributed by atoms with E-state index in [9.17, 15) is 13.5 Å². The van der Waals surface area contributed by atoms with E-state index < -0.39 is 15.9 Å². The Morgan fingerprint density at radius 3 is 2.53 bits per heavy atom. The van der Waals surface area contributed by atoms with Crippen molar-refractivity contribution in [2.24, 2.45) is 0 Å². The third-order valence-electron chi connectivity index (χ3n) is 3.29. The Morgan fingerprint density at radius 2 is 2.00 bits per heavy atom. The third kappa shape index (κ3) is 3.06. The first-order chi connectivity index (χ1) is 8.93. The van der Waals surface area contributed by atoms with Gasteiger partial charge in [-0.15, -0.1) is 0 Å². The molecule has 6 heteroatoms. The molecule has 1 N–H and O–H groups in total. The zero-order valence-corrected chi connectivity index (χ0v) is 11.5. The Bertz CT molecular complexity index is 603. The van der Waals surface area contributed by atoms with Crippen LogP contribution in [-0.4, -0.2) is 38.1 Å². The molecule has 1 saturated heterocycles. The first-order valence-electron chi connectivity index (χ1n) is 6.10. The fourth-order valence-electron chi connectivity index (χ4n) is 2.19. The molecule has 1 aromatic carbocycles. The average Bonchev–Trinajstić information content (AvgIpc) is 2.38. The Labute approximate surface area is 113 Å². The fourth-order valence-corrected chi connectivity index (χ4v) is 3.39. The SMILES string of the molecule is CC(O)c1ccc(C#N)cc1N1CCS(=O)(=O)CC1. The zero-order chi connectivity index (χ0) is 14.0. The lowest BCUT2D eigenvalue weighted by Gasteiger charge is -2.31. The van der Waals surface area contributed by atoms with Crippen molar-refractivity contribution in [2.75, 3.05) is 29.5 Å². The van der Waals surface area contributed by atoms with E-state index in [-0.39, 0.29) is 11.5 Å². The molecular weight excluding hydrogens is 264 g/mol. The number of nitrogens with zero attached hydrogens (tertiary/aromatic N) is 2. The van der Waals surface area contributed by atoms with E-state index in [0.29, 0.717) is 18.7 Å². The van der Waals surface area contributed by atoms with Gasteiger partial charge in [-0.25, -0.2) is 8.42 Å². The lowest BCUT2D eigenvalue weighted by Crippen LogP contribution is -2.40. The van der Waals surface area contributed by atoms with Crippen LogP contribution in [-0.2, 0) is 9.84 Å². The van der Waals surface area contributed by atoms with E-state index in [1.54, 1.807) is 25.1 Å². The normalized spacial score (nSPS) is 19.7. The first-order valence-corrected chi connectivity index (χ1v) is 7.92. The van der Waals surface area contributed by atoms with Crippen LogP contribution in [0.15, 0.2) is 18.2 Å². The number of sulfone groups is 1. The van der Waals surface area contributed by atoms with Gasteiger partial charge in [-0.1, -0.05) is 6.07 Å². The van der Waals surface area contributed by atoms with Crippen LogP contribution in [0.25, 0.3) is 0 Å². The molecular formula is C13H16N2O3S. The largest absolute Gasteiger partial charge is 0.389 e. The van der Waals surface area contributed by atoms with Gasteiger partial charge in [-0.05, 0) is 19.1 Å². The highest BCUT2D eigenvalue weighted by atomic mass is 32.2. The second kappa shape index (κ2) is 5.19. The van der Waals surface area contributed by atoms with Crippen molar-refractivity contribution in [1.82, 2.24) is 0 Å². The van der Waals surface area contributed by atoms with Crippen LogP contribution in [0.2, 0.25) is 0 Å². The number of aliphatic hydroxyl groups excluding tert-OH is 1. The number of hydrogen-bond donors (Lipinski definition) is 1. The molecule has 0 aromatic heterocycles. The highest BCUT2D eigenvalue weighted by molar-refractivity contribution is 7.91. The molecule has 1 fully saturated rings. The highest BCUT2D eigenvalue weighted by Crippen LogP contribution is 2.28. The number of benzene rings is 1. The predicted molar refractivity (Wildman–Crippen MR) is 72.7 cm³/mol. The van der Waals surface area contributed by atoms with Crippen LogP contribution in [0.5, 0.6) is 0 Å². The summed E-state index contributed by atoms with van der Waals surface area (Å²) >= 11 is 0. The predicted octanol–water partition coefficient (Wildman–Crippen LogP) is 0.846. The number of rotatable bonds is 2. The summed E-state index contributed by atoms with van der Waals surface area (Å²) in [5.41, 5.74) is 1.98. The van der Waals surface area contributed by atoms with Crippen molar-refractivity contribution >= 4 is 15.5 Å². The Balaban J connectivity index is 2.35. The Kier molecular flexibility index (Phi) is 3.78. The van der Waals surface area contributed by atoms with E-state index in [4.69, 9.17) is 5.26 Å². The summed E-state index contributed by atoms with van der Waals surface area (Å²) in [6, 6.07) is 7.15. The number of nitriles is 1. The third-order valence-corrected chi connectivity index (χ3v) is 4.90. The van der Waals surface area contributed by atoms with Gasteiger partial charge >= 0.3 is 0 Å². The van der Waals surface area contributed by atoms with Crippen LogP contribution < -0.4 is 4.90 Å². The molecule has 0 amide bonds.